The van der Waals surface area contributed by atoms with Gasteiger partial charge >= 0.3 is 0 Å². The Morgan fingerprint density at radius 3 is 2.54 bits per heavy atom. The number of piperidine rings is 1. The van der Waals surface area contributed by atoms with Crippen LogP contribution in [0.1, 0.15) is 56.7 Å². The predicted octanol–water partition coefficient (Wildman–Crippen LogP) is 4.16. The normalized spacial score (nSPS) is 18.1. The van der Waals surface area contributed by atoms with Crippen molar-refractivity contribution in [2.75, 3.05) is 25.0 Å². The van der Waals surface area contributed by atoms with Crippen molar-refractivity contribution in [2.24, 2.45) is 0 Å². The van der Waals surface area contributed by atoms with Crippen LogP contribution in [0.15, 0.2) is 53.6 Å². The maximum Gasteiger partial charge on any atom is 0.246 e. The minimum Gasteiger partial charge on any atom is -0.492 e. The smallest absolute Gasteiger partial charge is 0.246 e. The first kappa shape index (κ1) is 24.9. The number of amides is 2. The number of carbonyl (C=O) groups is 2. The van der Waals surface area contributed by atoms with Crippen LogP contribution >= 0.6 is 0 Å². The zero-order valence-corrected chi connectivity index (χ0v) is 20.9. The molecule has 1 saturated heterocycles. The van der Waals surface area contributed by atoms with E-state index >= 15 is 0 Å². The second-order valence-electron chi connectivity index (χ2n) is 8.70. The molecular weight excluding hydrogens is 466 g/mol. The Morgan fingerprint density at radius 1 is 1.09 bits per heavy atom. The number of hydrogen-bond donors (Lipinski definition) is 1. The van der Waals surface area contributed by atoms with Crippen molar-refractivity contribution >= 4 is 33.6 Å². The molecule has 35 heavy (non-hydrogen) atoms. The van der Waals surface area contributed by atoms with Crippen molar-refractivity contribution in [1.82, 2.24) is 9.21 Å². The number of ether oxygens (including phenoxy) is 1. The fourth-order valence-corrected chi connectivity index (χ4v) is 6.28. The highest BCUT2D eigenvalue weighted by molar-refractivity contribution is 7.89. The lowest BCUT2D eigenvalue weighted by Gasteiger charge is -2.32. The van der Waals surface area contributed by atoms with Crippen LogP contribution in [0.4, 0.5) is 5.69 Å². The zero-order chi connectivity index (χ0) is 25.0. The van der Waals surface area contributed by atoms with Gasteiger partial charge < -0.3 is 15.0 Å². The molecule has 0 saturated carbocycles. The zero-order valence-electron chi connectivity index (χ0n) is 20.1. The van der Waals surface area contributed by atoms with Crippen molar-refractivity contribution in [3.63, 3.8) is 0 Å². The molecule has 2 aliphatic heterocycles. The van der Waals surface area contributed by atoms with Crippen LogP contribution in [0, 0.1) is 0 Å². The number of nitrogens with one attached hydrogen (secondary N) is 1. The second-order valence-corrected chi connectivity index (χ2v) is 10.6. The van der Waals surface area contributed by atoms with Crippen molar-refractivity contribution in [1.29, 1.82) is 0 Å². The summed E-state index contributed by atoms with van der Waals surface area (Å²) in [5.41, 5.74) is 2.21. The number of benzene rings is 2. The van der Waals surface area contributed by atoms with Crippen LogP contribution in [-0.4, -0.2) is 49.1 Å². The molecule has 9 heteroatoms. The summed E-state index contributed by atoms with van der Waals surface area (Å²) >= 11 is 0. The summed E-state index contributed by atoms with van der Waals surface area (Å²) in [6.07, 6.45) is 6.24. The van der Waals surface area contributed by atoms with Gasteiger partial charge in [-0.15, -0.1) is 0 Å². The highest BCUT2D eigenvalue weighted by atomic mass is 32.2. The number of fused-ring (bicyclic) bond motifs is 1. The van der Waals surface area contributed by atoms with Gasteiger partial charge in [0, 0.05) is 31.9 Å². The van der Waals surface area contributed by atoms with E-state index in [1.807, 2.05) is 30.3 Å². The molecule has 0 aliphatic carbocycles. The minimum atomic E-state index is -3.77. The summed E-state index contributed by atoms with van der Waals surface area (Å²) in [5.74, 6) is -0.216. The van der Waals surface area contributed by atoms with Crippen LogP contribution in [0.2, 0.25) is 0 Å². The number of hydrogen-bond acceptors (Lipinski definition) is 5. The summed E-state index contributed by atoms with van der Waals surface area (Å²) in [7, 11) is -3.77. The van der Waals surface area contributed by atoms with Gasteiger partial charge in [-0.25, -0.2) is 8.42 Å². The summed E-state index contributed by atoms with van der Waals surface area (Å²) < 4.78 is 33.8. The van der Waals surface area contributed by atoms with E-state index in [4.69, 9.17) is 4.74 Å². The fourth-order valence-electron chi connectivity index (χ4n) is 4.61. The largest absolute Gasteiger partial charge is 0.492 e. The van der Waals surface area contributed by atoms with E-state index in [1.165, 1.54) is 17.3 Å². The Kier molecular flexibility index (Phi) is 7.57. The van der Waals surface area contributed by atoms with E-state index in [0.717, 1.165) is 30.4 Å². The summed E-state index contributed by atoms with van der Waals surface area (Å²) in [4.78, 5) is 26.9. The molecule has 0 bridgehead atoms. The Hall–Kier alpha value is -3.17. The summed E-state index contributed by atoms with van der Waals surface area (Å²) in [6.45, 7) is 4.53. The molecule has 1 unspecified atom stereocenters. The van der Waals surface area contributed by atoms with Crippen LogP contribution in [0.3, 0.4) is 0 Å². The Morgan fingerprint density at radius 2 is 1.83 bits per heavy atom. The third-order valence-corrected chi connectivity index (χ3v) is 8.23. The monoisotopic (exact) mass is 497 g/mol. The molecule has 4 rings (SSSR count). The molecule has 0 radical (unpaired) electrons. The molecule has 2 heterocycles. The Balaban J connectivity index is 1.58. The first-order valence-electron chi connectivity index (χ1n) is 11.9. The first-order valence-corrected chi connectivity index (χ1v) is 13.4. The molecule has 1 N–H and O–H groups in total. The molecule has 1 fully saturated rings. The van der Waals surface area contributed by atoms with E-state index in [-0.39, 0.29) is 28.9 Å². The molecule has 2 aliphatic rings. The number of nitrogens with zero attached hydrogens (tertiary/aromatic N) is 2. The molecule has 0 aromatic heterocycles. The lowest BCUT2D eigenvalue weighted by Crippen LogP contribution is -2.36. The van der Waals surface area contributed by atoms with E-state index in [1.54, 1.807) is 30.2 Å². The van der Waals surface area contributed by atoms with Gasteiger partial charge in [0.05, 0.1) is 19.1 Å². The Labute approximate surface area is 206 Å². The molecule has 2 aromatic carbocycles. The van der Waals surface area contributed by atoms with Crippen LogP contribution in [0.5, 0.6) is 5.75 Å². The van der Waals surface area contributed by atoms with Crippen molar-refractivity contribution in [3.8, 4) is 5.75 Å². The third kappa shape index (κ3) is 5.41. The van der Waals surface area contributed by atoms with E-state index in [2.05, 4.69) is 5.32 Å². The number of sulfonamides is 1. The maximum absolute atomic E-state index is 13.4. The van der Waals surface area contributed by atoms with Gasteiger partial charge in [0.2, 0.25) is 21.8 Å². The first-order chi connectivity index (χ1) is 16.8. The van der Waals surface area contributed by atoms with Gasteiger partial charge in [0.25, 0.3) is 0 Å². The summed E-state index contributed by atoms with van der Waals surface area (Å²) in [5, 5.41) is 2.82. The number of anilines is 1. The lowest BCUT2D eigenvalue weighted by atomic mass is 9.93. The van der Waals surface area contributed by atoms with Gasteiger partial charge in [-0.2, -0.15) is 4.31 Å². The lowest BCUT2D eigenvalue weighted by molar-refractivity contribution is -0.129. The van der Waals surface area contributed by atoms with Crippen LogP contribution in [-0.2, 0) is 19.6 Å². The SMILES string of the molecule is CCOc1ccc(NC(=O)CC2c3ccccc3C=CN2C(C)=O)cc1S(=O)(=O)N1CCCCC1. The van der Waals surface area contributed by atoms with Gasteiger partial charge in [0.1, 0.15) is 10.6 Å². The second kappa shape index (κ2) is 10.6. The van der Waals surface area contributed by atoms with E-state index in [9.17, 15) is 18.0 Å². The van der Waals surface area contributed by atoms with E-state index in [0.29, 0.717) is 25.4 Å². The van der Waals surface area contributed by atoms with Gasteiger partial charge in [-0.05, 0) is 55.2 Å². The van der Waals surface area contributed by atoms with Gasteiger partial charge in [-0.1, -0.05) is 30.7 Å². The molecule has 2 amide bonds. The molecule has 0 spiro atoms. The topological polar surface area (TPSA) is 96.0 Å². The number of rotatable bonds is 7. The highest BCUT2D eigenvalue weighted by Crippen LogP contribution is 2.34. The standard InChI is InChI=1S/C26H31N3O5S/c1-3-34-24-12-11-21(17-25(24)35(32,33)28-14-7-4-8-15-28)27-26(31)18-23-22-10-6-5-9-20(22)13-16-29(23)19(2)30/h5-6,9-13,16-17,23H,3-4,7-8,14-15,18H2,1-2H3,(H,27,31). The van der Waals surface area contributed by atoms with Gasteiger partial charge in [-0.3, -0.25) is 9.59 Å². The maximum atomic E-state index is 13.4. The number of carbonyl (C=O) groups excluding carboxylic acids is 2. The van der Waals surface area contributed by atoms with Gasteiger partial charge in [0.15, 0.2) is 0 Å². The van der Waals surface area contributed by atoms with Crippen LogP contribution < -0.4 is 10.1 Å². The van der Waals surface area contributed by atoms with Crippen LogP contribution in [0.25, 0.3) is 6.08 Å². The molecule has 8 nitrogen and oxygen atoms in total. The van der Waals surface area contributed by atoms with Crippen molar-refractivity contribution < 1.29 is 22.7 Å². The predicted molar refractivity (Wildman–Crippen MR) is 134 cm³/mol. The highest BCUT2D eigenvalue weighted by Gasteiger charge is 2.31. The quantitative estimate of drug-likeness (QED) is 0.620. The third-order valence-electron chi connectivity index (χ3n) is 6.31. The minimum absolute atomic E-state index is 0.0301. The average Bonchev–Trinajstić information content (AvgIpc) is 2.85. The molecule has 2 aromatic rings. The van der Waals surface area contributed by atoms with Crippen molar-refractivity contribution in [2.45, 2.75) is 50.5 Å². The fraction of sp³-hybridized carbons (Fsp3) is 0.385. The van der Waals surface area contributed by atoms with Crippen molar-refractivity contribution in [3.05, 3.63) is 59.8 Å². The summed E-state index contributed by atoms with van der Waals surface area (Å²) in [6, 6.07) is 11.9. The van der Waals surface area contributed by atoms with E-state index < -0.39 is 16.1 Å². The Bertz CT molecular complexity index is 1240. The molecular formula is C26H31N3O5S. The molecule has 186 valence electrons. The molecule has 1 atom stereocenters. The average molecular weight is 498 g/mol.